The molecule has 0 spiro atoms. The van der Waals surface area contributed by atoms with Crippen LogP contribution in [0.25, 0.3) is 0 Å². The number of carbonyl (C=O) groups excluding carboxylic acids is 1. The molecule has 0 bridgehead atoms. The number of amides is 1. The van der Waals surface area contributed by atoms with Crippen LogP contribution in [-0.2, 0) is 4.79 Å². The maximum Gasteiger partial charge on any atom is 0.222 e. The zero-order valence-electron chi connectivity index (χ0n) is 9.57. The van der Waals surface area contributed by atoms with E-state index < -0.39 is 0 Å². The molecule has 4 nitrogen and oxygen atoms in total. The highest BCUT2D eigenvalue weighted by atomic mass is 16.2. The van der Waals surface area contributed by atoms with Gasteiger partial charge >= 0.3 is 0 Å². The fourth-order valence-electron chi connectivity index (χ4n) is 2.14. The summed E-state index contributed by atoms with van der Waals surface area (Å²) in [4.78, 5) is 13.9. The maximum absolute atomic E-state index is 11.9. The Bertz CT molecular complexity index is 282. The van der Waals surface area contributed by atoms with E-state index in [1.807, 2.05) is 11.8 Å². The first-order valence-corrected chi connectivity index (χ1v) is 5.84. The van der Waals surface area contributed by atoms with Gasteiger partial charge in [0.05, 0.1) is 0 Å². The number of rotatable bonds is 3. The Labute approximate surface area is 90.7 Å². The van der Waals surface area contributed by atoms with E-state index in [0.717, 1.165) is 25.8 Å². The minimum atomic E-state index is -0.227. The summed E-state index contributed by atoms with van der Waals surface area (Å²) in [5.41, 5.74) is -0.227. The van der Waals surface area contributed by atoms with Crippen LogP contribution in [0.4, 0.5) is 0 Å². The molecule has 1 saturated heterocycles. The average Bonchev–Trinajstić information content (AvgIpc) is 2.95. The lowest BCUT2D eigenvalue weighted by molar-refractivity contribution is -0.134. The molecule has 1 unspecified atom stereocenters. The van der Waals surface area contributed by atoms with Crippen molar-refractivity contribution in [2.24, 2.45) is 10.2 Å². The van der Waals surface area contributed by atoms with Crippen LogP contribution in [0.2, 0.25) is 0 Å². The van der Waals surface area contributed by atoms with Gasteiger partial charge in [0.15, 0.2) is 5.66 Å². The third-order valence-electron chi connectivity index (χ3n) is 3.38. The lowest BCUT2D eigenvalue weighted by Crippen LogP contribution is -2.42. The van der Waals surface area contributed by atoms with Gasteiger partial charge in [-0.15, -0.1) is 0 Å². The molecule has 0 aromatic carbocycles. The second-order valence-electron chi connectivity index (χ2n) is 4.85. The van der Waals surface area contributed by atoms with Crippen LogP contribution < -0.4 is 0 Å². The molecule has 0 aromatic heterocycles. The van der Waals surface area contributed by atoms with Crippen molar-refractivity contribution in [3.05, 3.63) is 0 Å². The molecular formula is C11H19N3O. The fourth-order valence-corrected chi connectivity index (χ4v) is 2.14. The smallest absolute Gasteiger partial charge is 0.222 e. The Morgan fingerprint density at radius 3 is 2.80 bits per heavy atom. The van der Waals surface area contributed by atoms with Crippen molar-refractivity contribution in [3.8, 4) is 0 Å². The van der Waals surface area contributed by atoms with E-state index in [-0.39, 0.29) is 11.6 Å². The maximum atomic E-state index is 11.9. The number of carbonyl (C=O) groups is 1. The van der Waals surface area contributed by atoms with Crippen molar-refractivity contribution in [2.75, 3.05) is 6.54 Å². The van der Waals surface area contributed by atoms with Crippen LogP contribution in [0, 0.1) is 0 Å². The van der Waals surface area contributed by atoms with Crippen LogP contribution in [0.3, 0.4) is 0 Å². The molecule has 2 aliphatic rings. The SMILES string of the molecule is CC1CCCCN1C(=O)CCC1(C)N=N1. The molecule has 1 fully saturated rings. The van der Waals surface area contributed by atoms with Crippen molar-refractivity contribution in [2.45, 2.75) is 57.7 Å². The summed E-state index contributed by atoms with van der Waals surface area (Å²) in [6.07, 6.45) is 4.93. The molecule has 1 amide bonds. The van der Waals surface area contributed by atoms with E-state index in [1.165, 1.54) is 6.42 Å². The predicted molar refractivity (Wildman–Crippen MR) is 57.5 cm³/mol. The molecule has 84 valence electrons. The Morgan fingerprint density at radius 2 is 2.20 bits per heavy atom. The summed E-state index contributed by atoms with van der Waals surface area (Å²) in [6, 6.07) is 0.423. The lowest BCUT2D eigenvalue weighted by Gasteiger charge is -2.33. The van der Waals surface area contributed by atoms with Crippen molar-refractivity contribution >= 4 is 5.91 Å². The zero-order valence-corrected chi connectivity index (χ0v) is 9.57. The van der Waals surface area contributed by atoms with Crippen LogP contribution >= 0.6 is 0 Å². The minimum Gasteiger partial charge on any atom is -0.340 e. The van der Waals surface area contributed by atoms with E-state index in [0.29, 0.717) is 12.5 Å². The second kappa shape index (κ2) is 3.91. The van der Waals surface area contributed by atoms with Gasteiger partial charge in [-0.2, -0.15) is 10.2 Å². The van der Waals surface area contributed by atoms with Gasteiger partial charge < -0.3 is 4.90 Å². The molecule has 0 aliphatic carbocycles. The van der Waals surface area contributed by atoms with Gasteiger partial charge in [-0.1, -0.05) is 0 Å². The number of likely N-dealkylation sites (tertiary alicyclic amines) is 1. The van der Waals surface area contributed by atoms with Gasteiger partial charge in [-0.25, -0.2) is 0 Å². The Morgan fingerprint density at radius 1 is 1.47 bits per heavy atom. The quantitative estimate of drug-likeness (QED) is 0.703. The van der Waals surface area contributed by atoms with Gasteiger partial charge in [-0.3, -0.25) is 4.79 Å². The summed E-state index contributed by atoms with van der Waals surface area (Å²) >= 11 is 0. The molecule has 0 N–H and O–H groups in total. The Hall–Kier alpha value is -0.930. The summed E-state index contributed by atoms with van der Waals surface area (Å²) in [7, 11) is 0. The first-order valence-electron chi connectivity index (χ1n) is 5.84. The molecule has 0 aromatic rings. The molecular weight excluding hydrogens is 190 g/mol. The van der Waals surface area contributed by atoms with Gasteiger partial charge in [0.1, 0.15) is 0 Å². The van der Waals surface area contributed by atoms with Gasteiger partial charge in [0, 0.05) is 25.4 Å². The minimum absolute atomic E-state index is 0.227. The predicted octanol–water partition coefficient (Wildman–Crippen LogP) is 2.35. The Kier molecular flexibility index (Phi) is 2.76. The van der Waals surface area contributed by atoms with Gasteiger partial charge in [0.25, 0.3) is 0 Å². The van der Waals surface area contributed by atoms with Crippen molar-refractivity contribution in [3.63, 3.8) is 0 Å². The van der Waals surface area contributed by atoms with Gasteiger partial charge in [-0.05, 0) is 33.1 Å². The first-order chi connectivity index (χ1) is 7.11. The molecule has 2 rings (SSSR count). The third-order valence-corrected chi connectivity index (χ3v) is 3.38. The molecule has 15 heavy (non-hydrogen) atoms. The van der Waals surface area contributed by atoms with Crippen LogP contribution in [0.5, 0.6) is 0 Å². The molecule has 0 radical (unpaired) electrons. The van der Waals surface area contributed by atoms with Crippen molar-refractivity contribution in [1.29, 1.82) is 0 Å². The van der Waals surface area contributed by atoms with Crippen molar-refractivity contribution in [1.82, 2.24) is 4.90 Å². The first kappa shape index (κ1) is 10.6. The van der Waals surface area contributed by atoms with Crippen molar-refractivity contribution < 1.29 is 4.79 Å². The molecule has 1 atom stereocenters. The summed E-state index contributed by atoms with van der Waals surface area (Å²) in [6.45, 7) is 5.05. The normalized spacial score (nSPS) is 27.9. The van der Waals surface area contributed by atoms with Crippen LogP contribution in [-0.4, -0.2) is 29.1 Å². The van der Waals surface area contributed by atoms with E-state index in [1.54, 1.807) is 0 Å². The van der Waals surface area contributed by atoms with E-state index in [4.69, 9.17) is 0 Å². The van der Waals surface area contributed by atoms with Gasteiger partial charge in [0.2, 0.25) is 5.91 Å². The van der Waals surface area contributed by atoms with Crippen LogP contribution in [0.1, 0.15) is 46.0 Å². The van der Waals surface area contributed by atoms with E-state index in [2.05, 4.69) is 17.2 Å². The largest absolute Gasteiger partial charge is 0.340 e. The fraction of sp³-hybridized carbons (Fsp3) is 0.909. The van der Waals surface area contributed by atoms with Crippen LogP contribution in [0.15, 0.2) is 10.2 Å². The Balaban J connectivity index is 1.78. The summed E-state index contributed by atoms with van der Waals surface area (Å²) < 4.78 is 0. The number of piperidine rings is 1. The topological polar surface area (TPSA) is 45.0 Å². The highest BCUT2D eigenvalue weighted by molar-refractivity contribution is 5.76. The third kappa shape index (κ3) is 2.55. The molecule has 2 heterocycles. The summed E-state index contributed by atoms with van der Waals surface area (Å²) in [5.74, 6) is 0.278. The zero-order chi connectivity index (χ0) is 10.9. The van der Waals surface area contributed by atoms with E-state index in [9.17, 15) is 4.79 Å². The highest BCUT2D eigenvalue weighted by Crippen LogP contribution is 2.32. The summed E-state index contributed by atoms with van der Waals surface area (Å²) in [5, 5.41) is 7.85. The van der Waals surface area contributed by atoms with E-state index >= 15 is 0 Å². The monoisotopic (exact) mass is 209 g/mol. The number of nitrogens with zero attached hydrogens (tertiary/aromatic N) is 3. The second-order valence-corrected chi connectivity index (χ2v) is 4.85. The number of hydrogen-bond donors (Lipinski definition) is 0. The lowest BCUT2D eigenvalue weighted by atomic mass is 10.0. The molecule has 4 heteroatoms. The average molecular weight is 209 g/mol. The molecule has 2 aliphatic heterocycles. The molecule has 0 saturated carbocycles. The highest BCUT2D eigenvalue weighted by Gasteiger charge is 2.35. The number of hydrogen-bond acceptors (Lipinski definition) is 3. The standard InChI is InChI=1S/C11H19N3O/c1-9-5-3-4-8-14(9)10(15)6-7-11(2)12-13-11/h9H,3-8H2,1-2H3.